The number of urea groups is 1. The van der Waals surface area contributed by atoms with Gasteiger partial charge in [0.2, 0.25) is 0 Å². The molecule has 3 rings (SSSR count). The second-order valence-corrected chi connectivity index (χ2v) is 6.30. The Morgan fingerprint density at radius 1 is 1.05 bits per heavy atom. The number of hydrogen-bond acceptors (Lipinski definition) is 2. The van der Waals surface area contributed by atoms with Gasteiger partial charge in [0.05, 0.1) is 0 Å². The third-order valence-electron chi connectivity index (χ3n) is 4.78. The van der Waals surface area contributed by atoms with Crippen molar-refractivity contribution in [3.05, 3.63) is 0 Å². The number of nitrogens with zero attached hydrogens (tertiary/aromatic N) is 1. The Morgan fingerprint density at radius 2 is 1.84 bits per heavy atom. The van der Waals surface area contributed by atoms with E-state index >= 15 is 0 Å². The lowest BCUT2D eigenvalue weighted by Gasteiger charge is -2.41. The highest BCUT2D eigenvalue weighted by molar-refractivity contribution is 5.83. The number of Topliss-reactive ketones (excluding diaryl/α,β-unsaturated/α-hetero) is 1. The molecule has 4 nitrogen and oxygen atoms in total. The molecule has 0 aromatic rings. The van der Waals surface area contributed by atoms with Crippen LogP contribution in [-0.4, -0.2) is 35.3 Å². The van der Waals surface area contributed by atoms with E-state index in [-0.39, 0.29) is 18.0 Å². The first-order valence-electron chi connectivity index (χ1n) is 7.85. The van der Waals surface area contributed by atoms with Crippen LogP contribution >= 0.6 is 0 Å². The molecular weight excluding hydrogens is 240 g/mol. The predicted molar refractivity (Wildman–Crippen MR) is 72.9 cm³/mol. The first-order chi connectivity index (χ1) is 9.25. The van der Waals surface area contributed by atoms with Crippen LogP contribution in [0.1, 0.15) is 57.8 Å². The van der Waals surface area contributed by atoms with E-state index < -0.39 is 0 Å². The molecule has 3 fully saturated rings. The van der Waals surface area contributed by atoms with Crippen LogP contribution in [0, 0.1) is 5.92 Å². The van der Waals surface area contributed by atoms with Gasteiger partial charge >= 0.3 is 6.03 Å². The van der Waals surface area contributed by atoms with Crippen molar-refractivity contribution in [1.82, 2.24) is 10.2 Å². The Kier molecular flexibility index (Phi) is 3.76. The standard InChI is InChI=1S/C15H24N2O2/c18-14-7-2-1-5-12(14)13-6-3-4-10-17(13)15(19)16-11-8-9-11/h11-13H,1-10H2,(H,16,19). The summed E-state index contributed by atoms with van der Waals surface area (Å²) in [7, 11) is 0. The molecule has 2 unspecified atom stereocenters. The van der Waals surface area contributed by atoms with Gasteiger partial charge in [0.1, 0.15) is 5.78 Å². The van der Waals surface area contributed by atoms with Crippen molar-refractivity contribution in [2.45, 2.75) is 69.9 Å². The molecule has 3 aliphatic rings. The van der Waals surface area contributed by atoms with Gasteiger partial charge in [-0.25, -0.2) is 4.79 Å². The third-order valence-corrected chi connectivity index (χ3v) is 4.78. The Labute approximate surface area is 114 Å². The van der Waals surface area contributed by atoms with Crippen LogP contribution in [0.5, 0.6) is 0 Å². The van der Waals surface area contributed by atoms with Crippen molar-refractivity contribution < 1.29 is 9.59 Å². The molecule has 0 bridgehead atoms. The monoisotopic (exact) mass is 264 g/mol. The van der Waals surface area contributed by atoms with Crippen molar-refractivity contribution >= 4 is 11.8 Å². The van der Waals surface area contributed by atoms with Crippen LogP contribution in [0.4, 0.5) is 4.79 Å². The molecule has 19 heavy (non-hydrogen) atoms. The summed E-state index contributed by atoms with van der Waals surface area (Å²) in [6, 6.07) is 0.642. The van der Waals surface area contributed by atoms with Gasteiger partial charge in [-0.05, 0) is 44.9 Å². The van der Waals surface area contributed by atoms with Gasteiger partial charge in [0.25, 0.3) is 0 Å². The number of carbonyl (C=O) groups is 2. The number of piperidine rings is 1. The Morgan fingerprint density at radius 3 is 2.58 bits per heavy atom. The summed E-state index contributed by atoms with van der Waals surface area (Å²) in [5.74, 6) is 0.501. The molecule has 0 spiro atoms. The summed E-state index contributed by atoms with van der Waals surface area (Å²) in [5.41, 5.74) is 0. The molecular formula is C15H24N2O2. The molecule has 1 saturated heterocycles. The summed E-state index contributed by atoms with van der Waals surface area (Å²) in [6.45, 7) is 0.826. The molecule has 2 saturated carbocycles. The fourth-order valence-corrected chi connectivity index (χ4v) is 3.53. The number of amides is 2. The SMILES string of the molecule is O=C1CCCCC1C1CCCCN1C(=O)NC1CC1. The highest BCUT2D eigenvalue weighted by Crippen LogP contribution is 2.32. The summed E-state index contributed by atoms with van der Waals surface area (Å²) in [6.07, 6.45) is 9.36. The van der Waals surface area contributed by atoms with E-state index in [0.717, 1.165) is 64.3 Å². The minimum Gasteiger partial charge on any atom is -0.335 e. The fourth-order valence-electron chi connectivity index (χ4n) is 3.53. The van der Waals surface area contributed by atoms with Crippen LogP contribution in [0.15, 0.2) is 0 Å². The van der Waals surface area contributed by atoms with Gasteiger partial charge in [-0.1, -0.05) is 6.42 Å². The van der Waals surface area contributed by atoms with Gasteiger partial charge in [-0.3, -0.25) is 4.79 Å². The molecule has 106 valence electrons. The number of nitrogens with one attached hydrogen (secondary N) is 1. The van der Waals surface area contributed by atoms with Crippen LogP contribution in [0.3, 0.4) is 0 Å². The summed E-state index contributed by atoms with van der Waals surface area (Å²) in [4.78, 5) is 26.4. The van der Waals surface area contributed by atoms with E-state index in [0.29, 0.717) is 11.8 Å². The maximum Gasteiger partial charge on any atom is 0.317 e. The van der Waals surface area contributed by atoms with Gasteiger partial charge in [0, 0.05) is 31.0 Å². The molecule has 0 radical (unpaired) electrons. The first-order valence-corrected chi connectivity index (χ1v) is 7.85. The maximum atomic E-state index is 12.3. The number of ketones is 1. The van der Waals surface area contributed by atoms with Crippen molar-refractivity contribution in [2.24, 2.45) is 5.92 Å². The zero-order valence-corrected chi connectivity index (χ0v) is 11.6. The van der Waals surface area contributed by atoms with E-state index in [2.05, 4.69) is 5.32 Å². The minimum atomic E-state index is 0.0746. The molecule has 1 aliphatic heterocycles. The zero-order valence-electron chi connectivity index (χ0n) is 11.6. The highest BCUT2D eigenvalue weighted by Gasteiger charge is 2.38. The Balaban J connectivity index is 1.68. The van der Waals surface area contributed by atoms with Gasteiger partial charge in [-0.15, -0.1) is 0 Å². The Bertz CT molecular complexity index is 365. The molecule has 1 N–H and O–H groups in total. The van der Waals surface area contributed by atoms with Crippen molar-refractivity contribution in [1.29, 1.82) is 0 Å². The van der Waals surface area contributed by atoms with Crippen LogP contribution < -0.4 is 5.32 Å². The van der Waals surface area contributed by atoms with Crippen molar-refractivity contribution in [3.63, 3.8) is 0 Å². The number of rotatable bonds is 2. The van der Waals surface area contributed by atoms with E-state index in [9.17, 15) is 9.59 Å². The summed E-state index contributed by atoms with van der Waals surface area (Å²) >= 11 is 0. The van der Waals surface area contributed by atoms with E-state index in [4.69, 9.17) is 0 Å². The largest absolute Gasteiger partial charge is 0.335 e. The van der Waals surface area contributed by atoms with Crippen molar-refractivity contribution in [3.8, 4) is 0 Å². The van der Waals surface area contributed by atoms with Crippen LogP contribution in [-0.2, 0) is 4.79 Å². The van der Waals surface area contributed by atoms with Gasteiger partial charge < -0.3 is 10.2 Å². The smallest absolute Gasteiger partial charge is 0.317 e. The number of carbonyl (C=O) groups excluding carboxylic acids is 2. The van der Waals surface area contributed by atoms with E-state index in [1.807, 2.05) is 4.90 Å². The lowest BCUT2D eigenvalue weighted by atomic mass is 9.79. The first kappa shape index (κ1) is 12.9. The summed E-state index contributed by atoms with van der Waals surface area (Å²) < 4.78 is 0. The fraction of sp³-hybridized carbons (Fsp3) is 0.867. The highest BCUT2D eigenvalue weighted by atomic mass is 16.2. The Hall–Kier alpha value is -1.06. The molecule has 0 aromatic carbocycles. The molecule has 4 heteroatoms. The average molecular weight is 264 g/mol. The molecule has 2 atom stereocenters. The maximum absolute atomic E-state index is 12.3. The van der Waals surface area contributed by atoms with E-state index in [1.54, 1.807) is 0 Å². The van der Waals surface area contributed by atoms with E-state index in [1.165, 1.54) is 0 Å². The second kappa shape index (κ2) is 5.51. The summed E-state index contributed by atoms with van der Waals surface area (Å²) in [5, 5.41) is 3.08. The topological polar surface area (TPSA) is 49.4 Å². The third kappa shape index (κ3) is 2.93. The second-order valence-electron chi connectivity index (χ2n) is 6.30. The van der Waals surface area contributed by atoms with Gasteiger partial charge in [0.15, 0.2) is 0 Å². The van der Waals surface area contributed by atoms with Crippen LogP contribution in [0.25, 0.3) is 0 Å². The van der Waals surface area contributed by atoms with Gasteiger partial charge in [-0.2, -0.15) is 0 Å². The number of hydrogen-bond donors (Lipinski definition) is 1. The quantitative estimate of drug-likeness (QED) is 0.833. The minimum absolute atomic E-state index is 0.0746. The predicted octanol–water partition coefficient (Wildman–Crippen LogP) is 2.47. The molecule has 2 aliphatic carbocycles. The normalized spacial score (nSPS) is 32.2. The molecule has 1 heterocycles. The zero-order chi connectivity index (χ0) is 13.2. The van der Waals surface area contributed by atoms with Crippen molar-refractivity contribution in [2.75, 3.05) is 6.54 Å². The lowest BCUT2D eigenvalue weighted by Crippen LogP contribution is -2.53. The molecule has 2 amide bonds. The lowest BCUT2D eigenvalue weighted by molar-refractivity contribution is -0.127. The van der Waals surface area contributed by atoms with Crippen LogP contribution in [0.2, 0.25) is 0 Å². The number of likely N-dealkylation sites (tertiary alicyclic amines) is 1. The molecule has 0 aromatic heterocycles. The average Bonchev–Trinajstić information content (AvgIpc) is 3.23.